The van der Waals surface area contributed by atoms with E-state index in [4.69, 9.17) is 11.6 Å². The largest absolute Gasteiger partial charge is 0.386 e. The van der Waals surface area contributed by atoms with E-state index in [0.29, 0.717) is 9.21 Å². The van der Waals surface area contributed by atoms with Gasteiger partial charge in [-0.1, -0.05) is 11.6 Å². The van der Waals surface area contributed by atoms with Crippen molar-refractivity contribution in [2.75, 3.05) is 6.54 Å². The van der Waals surface area contributed by atoms with Gasteiger partial charge >= 0.3 is 5.69 Å². The Bertz CT molecular complexity index is 684. The van der Waals surface area contributed by atoms with E-state index in [2.05, 4.69) is 15.5 Å². The Morgan fingerprint density at radius 2 is 2.38 bits per heavy atom. The van der Waals surface area contributed by atoms with Crippen molar-refractivity contribution in [1.82, 2.24) is 15.5 Å². The lowest BCUT2D eigenvalue weighted by molar-refractivity contribution is -0.385. The smallest absolute Gasteiger partial charge is 0.322 e. The molecule has 21 heavy (non-hydrogen) atoms. The molecule has 2 aromatic heterocycles. The van der Waals surface area contributed by atoms with Crippen molar-refractivity contribution in [1.29, 1.82) is 0 Å². The number of carbonyl (C=O) groups excluding carboxylic acids is 1. The standard InChI is InChI=1S/C11H11ClN4O4S/c1-5-10(16(19)20)9(15-14-5)11(18)13-4-6(17)7-2-3-8(12)21-7/h2-3,6,17H,4H2,1H3,(H,13,18)(H,14,15). The zero-order valence-corrected chi connectivity index (χ0v) is 12.4. The molecule has 0 spiro atoms. The van der Waals surface area contributed by atoms with Crippen LogP contribution in [0.25, 0.3) is 0 Å². The molecule has 112 valence electrons. The fourth-order valence-electron chi connectivity index (χ4n) is 1.69. The summed E-state index contributed by atoms with van der Waals surface area (Å²) in [5.41, 5.74) is -0.495. The highest BCUT2D eigenvalue weighted by molar-refractivity contribution is 7.16. The number of rotatable bonds is 5. The first-order valence-corrected chi connectivity index (χ1v) is 7.00. The lowest BCUT2D eigenvalue weighted by Gasteiger charge is -2.08. The van der Waals surface area contributed by atoms with Gasteiger partial charge in [-0.15, -0.1) is 11.3 Å². The molecule has 0 aliphatic rings. The molecule has 0 saturated heterocycles. The van der Waals surface area contributed by atoms with Gasteiger partial charge in [-0.3, -0.25) is 20.0 Å². The summed E-state index contributed by atoms with van der Waals surface area (Å²) in [6, 6.07) is 3.28. The van der Waals surface area contributed by atoms with E-state index in [-0.39, 0.29) is 23.6 Å². The fraction of sp³-hybridized carbons (Fsp3) is 0.273. The number of aliphatic hydroxyl groups excluding tert-OH is 1. The average Bonchev–Trinajstić information content (AvgIpc) is 3.01. The van der Waals surface area contributed by atoms with Gasteiger partial charge in [0, 0.05) is 11.4 Å². The molecule has 0 bridgehead atoms. The first kappa shape index (κ1) is 15.4. The number of nitrogens with zero attached hydrogens (tertiary/aromatic N) is 2. The maximum absolute atomic E-state index is 11.9. The second-order valence-electron chi connectivity index (χ2n) is 4.17. The molecule has 2 aromatic rings. The number of hydrogen-bond acceptors (Lipinski definition) is 6. The number of aromatic amines is 1. The van der Waals surface area contributed by atoms with Crippen molar-refractivity contribution < 1.29 is 14.8 Å². The number of hydrogen-bond donors (Lipinski definition) is 3. The first-order valence-electron chi connectivity index (χ1n) is 5.81. The minimum atomic E-state index is -0.939. The Kier molecular flexibility index (Phi) is 4.56. The topological polar surface area (TPSA) is 121 Å². The van der Waals surface area contributed by atoms with E-state index in [9.17, 15) is 20.0 Å². The van der Waals surface area contributed by atoms with Crippen LogP contribution < -0.4 is 5.32 Å². The van der Waals surface area contributed by atoms with Gasteiger partial charge in [-0.05, 0) is 19.1 Å². The molecular weight excluding hydrogens is 320 g/mol. The highest BCUT2D eigenvalue weighted by atomic mass is 35.5. The first-order chi connectivity index (χ1) is 9.90. The van der Waals surface area contributed by atoms with Crippen molar-refractivity contribution in [3.63, 3.8) is 0 Å². The van der Waals surface area contributed by atoms with Crippen LogP contribution in [0.3, 0.4) is 0 Å². The van der Waals surface area contributed by atoms with Gasteiger partial charge in [0.25, 0.3) is 5.91 Å². The maximum atomic E-state index is 11.9. The van der Waals surface area contributed by atoms with Crippen molar-refractivity contribution in [2.24, 2.45) is 0 Å². The monoisotopic (exact) mass is 330 g/mol. The number of aryl methyl sites for hydroxylation is 1. The second-order valence-corrected chi connectivity index (χ2v) is 5.92. The van der Waals surface area contributed by atoms with Gasteiger partial charge in [0.1, 0.15) is 11.8 Å². The molecule has 0 aliphatic carbocycles. The lowest BCUT2D eigenvalue weighted by Crippen LogP contribution is -2.28. The van der Waals surface area contributed by atoms with E-state index in [1.165, 1.54) is 18.3 Å². The van der Waals surface area contributed by atoms with E-state index in [1.54, 1.807) is 12.1 Å². The van der Waals surface area contributed by atoms with Crippen LogP contribution in [0.2, 0.25) is 4.34 Å². The predicted octanol–water partition coefficient (Wildman–Crippen LogP) is 1.80. The molecule has 0 radical (unpaired) electrons. The summed E-state index contributed by atoms with van der Waals surface area (Å²) in [6.07, 6.45) is -0.939. The number of aromatic nitrogens is 2. The van der Waals surface area contributed by atoms with E-state index >= 15 is 0 Å². The van der Waals surface area contributed by atoms with E-state index < -0.39 is 16.9 Å². The van der Waals surface area contributed by atoms with Crippen LogP contribution >= 0.6 is 22.9 Å². The predicted molar refractivity (Wildman–Crippen MR) is 76.6 cm³/mol. The molecule has 0 aliphatic heterocycles. The molecule has 0 aromatic carbocycles. The molecule has 2 heterocycles. The average molecular weight is 331 g/mol. The molecule has 3 N–H and O–H groups in total. The van der Waals surface area contributed by atoms with Gasteiger partial charge in [0.05, 0.1) is 9.26 Å². The third-order valence-corrected chi connectivity index (χ3v) is 4.02. The Morgan fingerprint density at radius 3 is 2.95 bits per heavy atom. The van der Waals surface area contributed by atoms with Crippen molar-refractivity contribution >= 4 is 34.5 Å². The summed E-state index contributed by atoms with van der Waals surface area (Å²) in [5, 5.41) is 29.2. The number of thiophene rings is 1. The van der Waals surface area contributed by atoms with Crippen molar-refractivity contribution in [2.45, 2.75) is 13.0 Å². The maximum Gasteiger partial charge on any atom is 0.322 e. The van der Waals surface area contributed by atoms with Crippen molar-refractivity contribution in [3.8, 4) is 0 Å². The SMILES string of the molecule is Cc1[nH]nc(C(=O)NCC(O)c2ccc(Cl)s2)c1[N+](=O)[O-]. The summed E-state index contributed by atoms with van der Waals surface area (Å²) < 4.78 is 0.522. The van der Waals surface area contributed by atoms with Crippen LogP contribution in [-0.2, 0) is 0 Å². The third-order valence-electron chi connectivity index (χ3n) is 2.69. The molecule has 10 heteroatoms. The van der Waals surface area contributed by atoms with Crippen LogP contribution in [0, 0.1) is 17.0 Å². The molecule has 1 amide bonds. The molecule has 2 rings (SSSR count). The van der Waals surface area contributed by atoms with E-state index in [0.717, 1.165) is 0 Å². The molecular formula is C11H11ClN4O4S. The molecule has 8 nitrogen and oxygen atoms in total. The van der Waals surface area contributed by atoms with Crippen LogP contribution in [0.15, 0.2) is 12.1 Å². The molecule has 0 fully saturated rings. The Labute approximate surface area is 127 Å². The fourth-order valence-corrected chi connectivity index (χ4v) is 2.73. The third kappa shape index (κ3) is 3.38. The summed E-state index contributed by atoms with van der Waals surface area (Å²) >= 11 is 6.94. The minimum Gasteiger partial charge on any atom is -0.386 e. The number of carbonyl (C=O) groups is 1. The minimum absolute atomic E-state index is 0.0985. The molecule has 1 atom stereocenters. The zero-order chi connectivity index (χ0) is 15.6. The highest BCUT2D eigenvalue weighted by Crippen LogP contribution is 2.26. The van der Waals surface area contributed by atoms with Gasteiger partial charge in [-0.25, -0.2) is 0 Å². The lowest BCUT2D eigenvalue weighted by atomic mass is 10.2. The van der Waals surface area contributed by atoms with Gasteiger partial charge in [-0.2, -0.15) is 5.10 Å². The van der Waals surface area contributed by atoms with Crippen LogP contribution in [0.5, 0.6) is 0 Å². The number of aliphatic hydroxyl groups is 1. The van der Waals surface area contributed by atoms with Gasteiger partial charge in [0.2, 0.25) is 5.69 Å². The number of H-pyrrole nitrogens is 1. The Balaban J connectivity index is 2.04. The highest BCUT2D eigenvalue weighted by Gasteiger charge is 2.27. The van der Waals surface area contributed by atoms with Crippen LogP contribution in [0.4, 0.5) is 5.69 Å². The van der Waals surface area contributed by atoms with Gasteiger partial charge in [0.15, 0.2) is 0 Å². The van der Waals surface area contributed by atoms with E-state index in [1.807, 2.05) is 0 Å². The Hall–Kier alpha value is -1.97. The number of nitro groups is 1. The van der Waals surface area contributed by atoms with Gasteiger partial charge < -0.3 is 10.4 Å². The Morgan fingerprint density at radius 1 is 1.67 bits per heavy atom. The quantitative estimate of drug-likeness (QED) is 0.570. The summed E-state index contributed by atoms with van der Waals surface area (Å²) in [4.78, 5) is 22.7. The van der Waals surface area contributed by atoms with Crippen LogP contribution in [-0.4, -0.2) is 32.7 Å². The van der Waals surface area contributed by atoms with Crippen LogP contribution in [0.1, 0.15) is 27.2 Å². The number of nitrogens with one attached hydrogen (secondary N) is 2. The number of amides is 1. The zero-order valence-electron chi connectivity index (χ0n) is 10.8. The summed E-state index contributed by atoms with van der Waals surface area (Å²) in [5.74, 6) is -0.729. The normalized spacial score (nSPS) is 12.1. The summed E-state index contributed by atoms with van der Waals surface area (Å²) in [6.45, 7) is 1.35. The molecule has 1 unspecified atom stereocenters. The summed E-state index contributed by atoms with van der Waals surface area (Å²) in [7, 11) is 0. The second kappa shape index (κ2) is 6.20. The molecule has 0 saturated carbocycles. The number of halogens is 1. The van der Waals surface area contributed by atoms with Crippen molar-refractivity contribution in [3.05, 3.63) is 42.8 Å².